The third-order valence-electron chi connectivity index (χ3n) is 1.93. The number of ketones is 2. The number of rotatable bonds is 5. The number of phenolic OH excluding ortho intramolecular Hbond substituents is 1. The summed E-state index contributed by atoms with van der Waals surface area (Å²) in [6.45, 7) is 3.29. The van der Waals surface area contributed by atoms with E-state index < -0.39 is 0 Å². The summed E-state index contributed by atoms with van der Waals surface area (Å²) in [6.07, 6.45) is 3.91. The molecule has 0 atom stereocenters. The van der Waals surface area contributed by atoms with Crippen LogP contribution < -0.4 is 0 Å². The van der Waals surface area contributed by atoms with Crippen LogP contribution in [0.15, 0.2) is 43.0 Å². The lowest BCUT2D eigenvalue weighted by Crippen LogP contribution is -2.01. The molecule has 0 radical (unpaired) electrons. The maximum Gasteiger partial charge on any atom is 0.163 e. The largest absolute Gasteiger partial charge is 0.508 e. The van der Waals surface area contributed by atoms with E-state index in [9.17, 15) is 9.59 Å². The van der Waals surface area contributed by atoms with Gasteiger partial charge in [0.2, 0.25) is 0 Å². The van der Waals surface area contributed by atoms with E-state index in [1.165, 1.54) is 18.2 Å². The third-order valence-corrected chi connectivity index (χ3v) is 1.93. The molecular weight excluding hydrogens is 204 g/mol. The van der Waals surface area contributed by atoms with Crippen LogP contribution in [0.2, 0.25) is 0 Å². The molecule has 82 valence electrons. The fraction of sp³-hybridized carbons (Fsp3) is 0.0769. The summed E-state index contributed by atoms with van der Waals surface area (Å²) in [5, 5.41) is 9.04. The van der Waals surface area contributed by atoms with Crippen LogP contribution in [0, 0.1) is 0 Å². The first-order chi connectivity index (χ1) is 7.61. The monoisotopic (exact) mass is 216 g/mol. The van der Waals surface area contributed by atoms with Crippen LogP contribution in [0.4, 0.5) is 0 Å². The second-order valence-corrected chi connectivity index (χ2v) is 3.24. The number of carbonyl (C=O) groups is 2. The fourth-order valence-electron chi connectivity index (χ4n) is 1.08. The van der Waals surface area contributed by atoms with E-state index in [0.29, 0.717) is 0 Å². The Labute approximate surface area is 93.7 Å². The summed E-state index contributed by atoms with van der Waals surface area (Å²) in [7, 11) is 0. The lowest BCUT2D eigenvalue weighted by atomic mass is 10.1. The maximum absolute atomic E-state index is 11.2. The minimum atomic E-state index is -0.291. The second-order valence-electron chi connectivity index (χ2n) is 3.24. The number of allylic oxidation sites excluding steroid dienone is 2. The van der Waals surface area contributed by atoms with Crippen molar-refractivity contribution in [2.75, 3.05) is 0 Å². The first kappa shape index (κ1) is 11.9. The van der Waals surface area contributed by atoms with Gasteiger partial charge in [0.25, 0.3) is 0 Å². The molecular formula is C13H12O3. The molecule has 0 amide bonds. The highest BCUT2D eigenvalue weighted by Gasteiger charge is 2.01. The van der Waals surface area contributed by atoms with Gasteiger partial charge >= 0.3 is 0 Å². The Kier molecular flexibility index (Phi) is 4.21. The lowest BCUT2D eigenvalue weighted by Gasteiger charge is -1.94. The van der Waals surface area contributed by atoms with Gasteiger partial charge in [-0.3, -0.25) is 9.59 Å². The predicted octanol–water partition coefficient (Wildman–Crippen LogP) is 2.12. The summed E-state index contributed by atoms with van der Waals surface area (Å²) in [5.74, 6) is -0.386. The van der Waals surface area contributed by atoms with Crippen molar-refractivity contribution < 1.29 is 14.7 Å². The Morgan fingerprint density at radius 3 is 2.38 bits per heavy atom. The number of hydrogen-bond acceptors (Lipinski definition) is 3. The van der Waals surface area contributed by atoms with Gasteiger partial charge in [0, 0.05) is 0 Å². The summed E-state index contributed by atoms with van der Waals surface area (Å²) >= 11 is 0. The molecule has 0 aliphatic carbocycles. The highest BCUT2D eigenvalue weighted by molar-refractivity contribution is 6.09. The zero-order valence-corrected chi connectivity index (χ0v) is 8.72. The van der Waals surface area contributed by atoms with Crippen molar-refractivity contribution in [3.63, 3.8) is 0 Å². The molecule has 3 heteroatoms. The van der Waals surface area contributed by atoms with Crippen molar-refractivity contribution in [1.29, 1.82) is 0 Å². The van der Waals surface area contributed by atoms with Crippen molar-refractivity contribution in [2.24, 2.45) is 0 Å². The fourth-order valence-corrected chi connectivity index (χ4v) is 1.08. The maximum atomic E-state index is 11.2. The van der Waals surface area contributed by atoms with E-state index in [4.69, 9.17) is 5.11 Å². The van der Waals surface area contributed by atoms with Crippen molar-refractivity contribution >= 4 is 17.6 Å². The molecule has 0 aromatic heterocycles. The molecule has 0 aliphatic rings. The minimum absolute atomic E-state index is 0.155. The highest BCUT2D eigenvalue weighted by atomic mass is 16.3. The Hall–Kier alpha value is -2.16. The van der Waals surface area contributed by atoms with Crippen LogP contribution in [-0.4, -0.2) is 16.7 Å². The third kappa shape index (κ3) is 3.92. The number of hydrogen-bond donors (Lipinski definition) is 1. The van der Waals surface area contributed by atoms with Crippen LogP contribution in [-0.2, 0) is 9.59 Å². The van der Waals surface area contributed by atoms with Gasteiger partial charge in [-0.05, 0) is 29.8 Å². The van der Waals surface area contributed by atoms with Gasteiger partial charge in [-0.15, -0.1) is 0 Å². The van der Waals surface area contributed by atoms with E-state index in [0.717, 1.165) is 11.6 Å². The summed E-state index contributed by atoms with van der Waals surface area (Å²) in [4.78, 5) is 22.1. The lowest BCUT2D eigenvalue weighted by molar-refractivity contribution is -0.121. The van der Waals surface area contributed by atoms with Crippen molar-refractivity contribution in [3.8, 4) is 5.75 Å². The molecule has 0 unspecified atom stereocenters. The van der Waals surface area contributed by atoms with E-state index >= 15 is 0 Å². The molecule has 0 fully saturated rings. The molecule has 0 heterocycles. The van der Waals surface area contributed by atoms with Crippen LogP contribution in [0.5, 0.6) is 5.75 Å². The first-order valence-electron chi connectivity index (χ1n) is 4.77. The molecule has 1 aromatic rings. The van der Waals surface area contributed by atoms with Gasteiger partial charge in [0.15, 0.2) is 11.6 Å². The van der Waals surface area contributed by atoms with Gasteiger partial charge in [-0.1, -0.05) is 24.8 Å². The topological polar surface area (TPSA) is 54.4 Å². The van der Waals surface area contributed by atoms with E-state index in [2.05, 4.69) is 6.58 Å². The van der Waals surface area contributed by atoms with E-state index in [-0.39, 0.29) is 23.7 Å². The first-order valence-corrected chi connectivity index (χ1v) is 4.77. The van der Waals surface area contributed by atoms with Gasteiger partial charge < -0.3 is 5.11 Å². The quantitative estimate of drug-likeness (QED) is 0.606. The molecule has 1 rings (SSSR count). The Morgan fingerprint density at radius 1 is 1.19 bits per heavy atom. The molecule has 0 bridgehead atoms. The smallest absolute Gasteiger partial charge is 0.163 e. The minimum Gasteiger partial charge on any atom is -0.508 e. The Morgan fingerprint density at radius 2 is 1.81 bits per heavy atom. The van der Waals surface area contributed by atoms with Crippen LogP contribution in [0.25, 0.3) is 6.08 Å². The zero-order chi connectivity index (χ0) is 12.0. The number of aromatic hydroxyl groups is 1. The highest BCUT2D eigenvalue weighted by Crippen LogP contribution is 2.10. The molecule has 1 N–H and O–H groups in total. The van der Waals surface area contributed by atoms with Gasteiger partial charge in [-0.2, -0.15) is 0 Å². The van der Waals surface area contributed by atoms with Crippen molar-refractivity contribution in [2.45, 2.75) is 6.42 Å². The molecule has 3 nitrogen and oxygen atoms in total. The summed E-state index contributed by atoms with van der Waals surface area (Å²) in [5.41, 5.74) is 0.789. The summed E-state index contributed by atoms with van der Waals surface area (Å²) in [6, 6.07) is 6.40. The van der Waals surface area contributed by atoms with Crippen molar-refractivity contribution in [3.05, 3.63) is 48.6 Å². The van der Waals surface area contributed by atoms with Crippen LogP contribution in [0.3, 0.4) is 0 Å². The van der Waals surface area contributed by atoms with E-state index in [1.54, 1.807) is 18.2 Å². The van der Waals surface area contributed by atoms with E-state index in [1.807, 2.05) is 0 Å². The Bertz CT molecular complexity index is 427. The standard InChI is InChI=1S/C13H12O3/c1-2-11(14)9-13(16)8-5-10-3-6-12(15)7-4-10/h2-8,15H,1,9H2/b8-5+. The number of phenols is 1. The molecule has 0 aliphatic heterocycles. The number of carbonyl (C=O) groups excluding carboxylic acids is 2. The van der Waals surface area contributed by atoms with Crippen molar-refractivity contribution in [1.82, 2.24) is 0 Å². The zero-order valence-electron chi connectivity index (χ0n) is 8.72. The normalized spacial score (nSPS) is 10.2. The second kappa shape index (κ2) is 5.66. The average molecular weight is 216 g/mol. The van der Waals surface area contributed by atoms with Crippen LogP contribution >= 0.6 is 0 Å². The molecule has 1 aromatic carbocycles. The average Bonchev–Trinajstić information content (AvgIpc) is 2.28. The van der Waals surface area contributed by atoms with Gasteiger partial charge in [-0.25, -0.2) is 0 Å². The predicted molar refractivity (Wildman–Crippen MR) is 62.0 cm³/mol. The number of benzene rings is 1. The Balaban J connectivity index is 2.59. The molecule has 0 saturated carbocycles. The van der Waals surface area contributed by atoms with Crippen LogP contribution in [0.1, 0.15) is 12.0 Å². The van der Waals surface area contributed by atoms with Gasteiger partial charge in [0.05, 0.1) is 6.42 Å². The molecule has 16 heavy (non-hydrogen) atoms. The summed E-state index contributed by atoms with van der Waals surface area (Å²) < 4.78 is 0. The van der Waals surface area contributed by atoms with Gasteiger partial charge in [0.1, 0.15) is 5.75 Å². The SMILES string of the molecule is C=CC(=O)CC(=O)/C=C/c1ccc(O)cc1. The molecule has 0 spiro atoms. The molecule has 0 saturated heterocycles.